The quantitative estimate of drug-likeness (QED) is 0.761. The van der Waals surface area contributed by atoms with E-state index in [1.54, 1.807) is 21.8 Å². The number of rotatable bonds is 1. The maximum absolute atomic E-state index is 12.1. The van der Waals surface area contributed by atoms with Crippen LogP contribution in [0.1, 0.15) is 20.8 Å². The summed E-state index contributed by atoms with van der Waals surface area (Å²) in [5.41, 5.74) is 0.141. The molecule has 2 aromatic rings. The van der Waals surface area contributed by atoms with Crippen LogP contribution in [0.3, 0.4) is 0 Å². The van der Waals surface area contributed by atoms with Gasteiger partial charge in [0.15, 0.2) is 5.82 Å². The molecule has 3 heterocycles. The van der Waals surface area contributed by atoms with Crippen molar-refractivity contribution >= 4 is 17.6 Å². The van der Waals surface area contributed by atoms with Crippen molar-refractivity contribution in [1.29, 1.82) is 0 Å². The van der Waals surface area contributed by atoms with E-state index in [1.165, 1.54) is 0 Å². The third kappa shape index (κ3) is 2.92. The van der Waals surface area contributed by atoms with Crippen LogP contribution in [0.4, 0.5) is 10.6 Å². The van der Waals surface area contributed by atoms with Crippen molar-refractivity contribution in [3.63, 3.8) is 0 Å². The lowest BCUT2D eigenvalue weighted by molar-refractivity contribution is 0.0240. The summed E-state index contributed by atoms with van der Waals surface area (Å²) >= 11 is 0. The first-order valence-corrected chi connectivity index (χ1v) is 7.20. The third-order valence-corrected chi connectivity index (χ3v) is 3.33. The molecule has 1 aliphatic rings. The second-order valence-corrected chi connectivity index (χ2v) is 6.15. The molecular weight excluding hydrogens is 286 g/mol. The highest BCUT2D eigenvalue weighted by Crippen LogP contribution is 2.18. The van der Waals surface area contributed by atoms with Gasteiger partial charge in [-0.3, -0.25) is 0 Å². The van der Waals surface area contributed by atoms with E-state index in [-0.39, 0.29) is 6.09 Å². The summed E-state index contributed by atoms with van der Waals surface area (Å²) < 4.78 is 6.98. The number of aromatic nitrogens is 5. The van der Waals surface area contributed by atoms with Crippen LogP contribution in [0, 0.1) is 0 Å². The molecule has 0 atom stereocenters. The third-order valence-electron chi connectivity index (χ3n) is 3.33. The van der Waals surface area contributed by atoms with E-state index >= 15 is 0 Å². The molecule has 118 valence electrons. The Bertz CT molecular complexity index is 670. The Morgan fingerprint density at radius 2 is 1.95 bits per heavy atom. The number of carbonyl (C=O) groups excluding carboxylic acids is 1. The monoisotopic (exact) mass is 305 g/mol. The van der Waals surface area contributed by atoms with E-state index < -0.39 is 5.60 Å². The summed E-state index contributed by atoms with van der Waals surface area (Å²) in [7, 11) is 0. The first-order valence-electron chi connectivity index (χ1n) is 7.20. The van der Waals surface area contributed by atoms with Gasteiger partial charge in [-0.15, -0.1) is 5.10 Å². The number of nitrogens with zero attached hydrogens (tertiary/aromatic N) is 7. The van der Waals surface area contributed by atoms with E-state index in [2.05, 4.69) is 25.4 Å². The molecule has 1 aliphatic heterocycles. The standard InChI is InChI=1S/C13H19N7O2/c1-13(2,3)22-12(21)19-8-6-18(7-9-19)10-11-15-16-17-20(11)5-4-14-10/h4-5H,6-9H2,1-3H3. The minimum Gasteiger partial charge on any atom is -0.444 e. The normalized spacial score (nSPS) is 16.1. The van der Waals surface area contributed by atoms with Crippen LogP contribution in [-0.4, -0.2) is 67.8 Å². The van der Waals surface area contributed by atoms with Crippen molar-refractivity contribution in [2.45, 2.75) is 26.4 Å². The molecule has 1 amide bonds. The molecule has 9 heteroatoms. The van der Waals surface area contributed by atoms with E-state index in [9.17, 15) is 4.79 Å². The number of anilines is 1. The smallest absolute Gasteiger partial charge is 0.410 e. The first-order chi connectivity index (χ1) is 10.4. The van der Waals surface area contributed by atoms with Crippen LogP contribution >= 0.6 is 0 Å². The largest absolute Gasteiger partial charge is 0.444 e. The van der Waals surface area contributed by atoms with Gasteiger partial charge < -0.3 is 14.5 Å². The number of amides is 1. The minimum atomic E-state index is -0.478. The van der Waals surface area contributed by atoms with E-state index in [1.807, 2.05) is 20.8 Å². The van der Waals surface area contributed by atoms with Crippen molar-refractivity contribution in [3.8, 4) is 0 Å². The average Bonchev–Trinajstić information content (AvgIpc) is 2.94. The molecule has 0 spiro atoms. The van der Waals surface area contributed by atoms with Crippen molar-refractivity contribution < 1.29 is 9.53 Å². The lowest BCUT2D eigenvalue weighted by Gasteiger charge is -2.35. The Morgan fingerprint density at radius 3 is 2.64 bits per heavy atom. The predicted octanol–water partition coefficient (Wildman–Crippen LogP) is 0.576. The molecule has 0 bridgehead atoms. The molecule has 22 heavy (non-hydrogen) atoms. The SMILES string of the molecule is CC(C)(C)OC(=O)N1CCN(c2nccn3nnnc23)CC1. The van der Waals surface area contributed by atoms with Crippen LogP contribution in [0.25, 0.3) is 5.65 Å². The van der Waals surface area contributed by atoms with Crippen molar-refractivity contribution in [2.75, 3.05) is 31.1 Å². The van der Waals surface area contributed by atoms with Crippen LogP contribution < -0.4 is 4.90 Å². The van der Waals surface area contributed by atoms with E-state index in [0.29, 0.717) is 31.8 Å². The van der Waals surface area contributed by atoms with Crippen molar-refractivity contribution in [1.82, 2.24) is 29.9 Å². The average molecular weight is 305 g/mol. The second-order valence-electron chi connectivity index (χ2n) is 6.15. The van der Waals surface area contributed by atoms with E-state index in [0.717, 1.165) is 5.82 Å². The molecule has 2 aromatic heterocycles. The lowest BCUT2D eigenvalue weighted by Crippen LogP contribution is -2.50. The molecule has 0 N–H and O–H groups in total. The highest BCUT2D eigenvalue weighted by atomic mass is 16.6. The van der Waals surface area contributed by atoms with Crippen molar-refractivity contribution in [2.24, 2.45) is 0 Å². The van der Waals surface area contributed by atoms with E-state index in [4.69, 9.17) is 4.74 Å². The fourth-order valence-electron chi connectivity index (χ4n) is 2.32. The zero-order valence-electron chi connectivity index (χ0n) is 12.9. The summed E-state index contributed by atoms with van der Waals surface area (Å²) in [4.78, 5) is 20.2. The molecule has 1 fully saturated rings. The maximum Gasteiger partial charge on any atom is 0.410 e. The molecule has 1 saturated heterocycles. The van der Waals surface area contributed by atoms with Gasteiger partial charge in [0.25, 0.3) is 0 Å². The van der Waals surface area contributed by atoms with Gasteiger partial charge in [-0.2, -0.15) is 4.52 Å². The van der Waals surface area contributed by atoms with Crippen LogP contribution in [0.2, 0.25) is 0 Å². The Labute approximate surface area is 127 Å². The molecule has 9 nitrogen and oxygen atoms in total. The Balaban J connectivity index is 1.67. The van der Waals surface area contributed by atoms with Crippen molar-refractivity contribution in [3.05, 3.63) is 12.4 Å². The summed E-state index contributed by atoms with van der Waals surface area (Å²) in [6.07, 6.45) is 3.09. The zero-order chi connectivity index (χ0) is 15.7. The van der Waals surface area contributed by atoms with Crippen LogP contribution in [0.5, 0.6) is 0 Å². The number of carbonyl (C=O) groups is 1. The van der Waals surface area contributed by atoms with Gasteiger partial charge >= 0.3 is 6.09 Å². The molecule has 0 aliphatic carbocycles. The van der Waals surface area contributed by atoms with Gasteiger partial charge in [-0.1, -0.05) is 0 Å². The number of tetrazole rings is 1. The maximum atomic E-state index is 12.1. The Hall–Kier alpha value is -2.45. The molecule has 0 radical (unpaired) electrons. The minimum absolute atomic E-state index is 0.275. The molecule has 3 rings (SSSR count). The number of fused-ring (bicyclic) bond motifs is 1. The molecular formula is C13H19N7O2. The highest BCUT2D eigenvalue weighted by Gasteiger charge is 2.27. The Kier molecular flexibility index (Phi) is 3.55. The zero-order valence-corrected chi connectivity index (χ0v) is 12.9. The van der Waals surface area contributed by atoms with Crippen LogP contribution in [-0.2, 0) is 4.74 Å². The van der Waals surface area contributed by atoms with Gasteiger partial charge in [0.1, 0.15) is 5.60 Å². The summed E-state index contributed by atoms with van der Waals surface area (Å²) in [6.45, 7) is 8.09. The second kappa shape index (κ2) is 5.39. The summed E-state index contributed by atoms with van der Waals surface area (Å²) in [6, 6.07) is 0. The first kappa shape index (κ1) is 14.5. The van der Waals surface area contributed by atoms with Crippen LogP contribution in [0.15, 0.2) is 12.4 Å². The Morgan fingerprint density at radius 1 is 1.23 bits per heavy atom. The molecule has 0 saturated carbocycles. The number of hydrogen-bond acceptors (Lipinski definition) is 7. The number of hydrogen-bond donors (Lipinski definition) is 0. The highest BCUT2D eigenvalue weighted by molar-refractivity contribution is 5.69. The van der Waals surface area contributed by atoms with Gasteiger partial charge in [0.2, 0.25) is 5.65 Å². The lowest BCUT2D eigenvalue weighted by atomic mass is 10.2. The topological polar surface area (TPSA) is 88.8 Å². The van der Waals surface area contributed by atoms with Gasteiger partial charge in [0, 0.05) is 32.4 Å². The number of piperazine rings is 1. The summed E-state index contributed by atoms with van der Waals surface area (Å²) in [5.74, 6) is 0.733. The fourth-order valence-corrected chi connectivity index (χ4v) is 2.32. The fraction of sp³-hybridized carbons (Fsp3) is 0.615. The molecule has 0 unspecified atom stereocenters. The summed E-state index contributed by atoms with van der Waals surface area (Å²) in [5, 5.41) is 11.5. The van der Waals surface area contributed by atoms with Gasteiger partial charge in [0.05, 0.1) is 6.20 Å². The van der Waals surface area contributed by atoms with Gasteiger partial charge in [-0.25, -0.2) is 9.78 Å². The molecule has 0 aromatic carbocycles. The van der Waals surface area contributed by atoms with Gasteiger partial charge in [-0.05, 0) is 31.2 Å². The predicted molar refractivity (Wildman–Crippen MR) is 78.6 cm³/mol. The number of ether oxygens (including phenoxy) is 1.